The van der Waals surface area contributed by atoms with Crippen molar-refractivity contribution in [2.24, 2.45) is 0 Å². The van der Waals surface area contributed by atoms with Crippen LogP contribution in [0.5, 0.6) is 0 Å². The molecule has 0 aliphatic rings. The standard InChI is InChI=1S/C12H12FN3O3/c1-19-7-10-11(12(17)18)14-15-16(10)6-8-3-2-4-9(13)5-8/h2-5H,6-7H2,1H3,(H,17,18). The molecule has 7 heteroatoms. The Hall–Kier alpha value is -2.28. The van der Waals surface area contributed by atoms with Crippen LogP contribution in [0.1, 0.15) is 21.7 Å². The number of aromatic nitrogens is 3. The number of ether oxygens (including phenoxy) is 1. The molecular weight excluding hydrogens is 253 g/mol. The fraction of sp³-hybridized carbons (Fsp3) is 0.250. The lowest BCUT2D eigenvalue weighted by molar-refractivity contribution is 0.0684. The van der Waals surface area contributed by atoms with E-state index in [1.54, 1.807) is 12.1 Å². The zero-order valence-electron chi connectivity index (χ0n) is 10.2. The third-order valence-electron chi connectivity index (χ3n) is 2.54. The van der Waals surface area contributed by atoms with Crippen molar-refractivity contribution in [1.29, 1.82) is 0 Å². The molecule has 0 radical (unpaired) electrons. The van der Waals surface area contributed by atoms with Gasteiger partial charge in [-0.1, -0.05) is 17.3 Å². The molecule has 0 saturated carbocycles. The number of methoxy groups -OCH3 is 1. The minimum absolute atomic E-state index is 0.0734. The van der Waals surface area contributed by atoms with Crippen molar-refractivity contribution in [3.63, 3.8) is 0 Å². The van der Waals surface area contributed by atoms with Crippen LogP contribution in [0.25, 0.3) is 0 Å². The predicted molar refractivity (Wildman–Crippen MR) is 63.2 cm³/mol. The summed E-state index contributed by atoms with van der Waals surface area (Å²) in [6, 6.07) is 6.00. The lowest BCUT2D eigenvalue weighted by atomic mass is 10.2. The minimum atomic E-state index is -1.17. The zero-order valence-corrected chi connectivity index (χ0v) is 10.2. The molecule has 0 bridgehead atoms. The third kappa shape index (κ3) is 2.94. The second kappa shape index (κ2) is 5.57. The van der Waals surface area contributed by atoms with Crippen LogP contribution >= 0.6 is 0 Å². The molecule has 0 atom stereocenters. The molecular formula is C12H12FN3O3. The quantitative estimate of drug-likeness (QED) is 0.882. The molecule has 19 heavy (non-hydrogen) atoms. The molecule has 0 saturated heterocycles. The number of carboxylic acid groups (broad SMARTS) is 1. The Balaban J connectivity index is 2.32. The molecule has 0 unspecified atom stereocenters. The summed E-state index contributed by atoms with van der Waals surface area (Å²) in [6.45, 7) is 0.306. The number of halogens is 1. The largest absolute Gasteiger partial charge is 0.476 e. The molecule has 2 aromatic rings. The number of aromatic carboxylic acids is 1. The lowest BCUT2D eigenvalue weighted by Crippen LogP contribution is -2.10. The Morgan fingerprint density at radius 3 is 2.95 bits per heavy atom. The number of carbonyl (C=O) groups is 1. The van der Waals surface area contributed by atoms with Gasteiger partial charge < -0.3 is 9.84 Å². The van der Waals surface area contributed by atoms with E-state index in [2.05, 4.69) is 10.3 Å². The molecule has 100 valence electrons. The van der Waals surface area contributed by atoms with Gasteiger partial charge in [-0.2, -0.15) is 0 Å². The Kier molecular flexibility index (Phi) is 3.86. The lowest BCUT2D eigenvalue weighted by Gasteiger charge is -2.06. The van der Waals surface area contributed by atoms with Gasteiger partial charge in [-0.25, -0.2) is 13.9 Å². The Bertz CT molecular complexity index is 598. The molecule has 1 N–H and O–H groups in total. The minimum Gasteiger partial charge on any atom is -0.476 e. The Labute approximate surface area is 108 Å². The van der Waals surface area contributed by atoms with Crippen LogP contribution in [0.2, 0.25) is 0 Å². The normalized spacial score (nSPS) is 10.6. The molecule has 0 fully saturated rings. The van der Waals surface area contributed by atoms with Crippen LogP contribution in [0.4, 0.5) is 4.39 Å². The number of benzene rings is 1. The Morgan fingerprint density at radius 1 is 1.53 bits per heavy atom. The zero-order chi connectivity index (χ0) is 13.8. The second-order valence-electron chi connectivity index (χ2n) is 3.91. The van der Waals surface area contributed by atoms with E-state index in [1.165, 1.54) is 23.9 Å². The average Bonchev–Trinajstić information content (AvgIpc) is 2.73. The van der Waals surface area contributed by atoms with E-state index in [0.29, 0.717) is 11.3 Å². The summed E-state index contributed by atoms with van der Waals surface area (Å²) in [5.41, 5.74) is 0.858. The van der Waals surface area contributed by atoms with Crippen LogP contribution in [0.3, 0.4) is 0 Å². The first-order chi connectivity index (χ1) is 9.11. The van der Waals surface area contributed by atoms with Gasteiger partial charge in [-0.15, -0.1) is 5.10 Å². The molecule has 1 aromatic carbocycles. The summed E-state index contributed by atoms with van der Waals surface area (Å²) in [7, 11) is 1.45. The van der Waals surface area contributed by atoms with Crippen LogP contribution < -0.4 is 0 Å². The van der Waals surface area contributed by atoms with Gasteiger partial charge >= 0.3 is 5.97 Å². The number of nitrogens with zero attached hydrogens (tertiary/aromatic N) is 3. The van der Waals surface area contributed by atoms with Crippen LogP contribution in [-0.4, -0.2) is 33.2 Å². The average molecular weight is 265 g/mol. The number of rotatable bonds is 5. The fourth-order valence-electron chi connectivity index (χ4n) is 1.71. The van der Waals surface area contributed by atoms with Gasteiger partial charge in [-0.05, 0) is 17.7 Å². The first-order valence-corrected chi connectivity index (χ1v) is 5.51. The molecule has 2 rings (SSSR count). The van der Waals surface area contributed by atoms with Gasteiger partial charge in [0.1, 0.15) is 5.82 Å². The van der Waals surface area contributed by atoms with E-state index in [9.17, 15) is 9.18 Å². The summed E-state index contributed by atoms with van der Waals surface area (Å²) >= 11 is 0. The fourth-order valence-corrected chi connectivity index (χ4v) is 1.71. The van der Waals surface area contributed by atoms with E-state index in [-0.39, 0.29) is 24.7 Å². The number of hydrogen-bond donors (Lipinski definition) is 1. The van der Waals surface area contributed by atoms with Crippen LogP contribution in [-0.2, 0) is 17.9 Å². The van der Waals surface area contributed by atoms with Crippen molar-refractivity contribution in [1.82, 2.24) is 15.0 Å². The van der Waals surface area contributed by atoms with Gasteiger partial charge in [0, 0.05) is 7.11 Å². The molecule has 0 aliphatic heterocycles. The maximum absolute atomic E-state index is 13.1. The molecule has 0 spiro atoms. The summed E-state index contributed by atoms with van der Waals surface area (Å²) in [4.78, 5) is 11.0. The van der Waals surface area contributed by atoms with Crippen molar-refractivity contribution < 1.29 is 19.0 Å². The summed E-state index contributed by atoms with van der Waals surface area (Å²) in [6.07, 6.45) is 0. The smallest absolute Gasteiger partial charge is 0.358 e. The maximum Gasteiger partial charge on any atom is 0.358 e. The summed E-state index contributed by atoms with van der Waals surface area (Å²) in [5, 5.41) is 16.3. The highest BCUT2D eigenvalue weighted by molar-refractivity contribution is 5.86. The highest BCUT2D eigenvalue weighted by Crippen LogP contribution is 2.11. The highest BCUT2D eigenvalue weighted by atomic mass is 19.1. The van der Waals surface area contributed by atoms with E-state index in [1.807, 2.05) is 0 Å². The predicted octanol–water partition coefficient (Wildman–Crippen LogP) is 1.31. The number of hydrogen-bond acceptors (Lipinski definition) is 4. The van der Waals surface area contributed by atoms with Gasteiger partial charge in [0.2, 0.25) is 0 Å². The van der Waals surface area contributed by atoms with Crippen molar-refractivity contribution >= 4 is 5.97 Å². The van der Waals surface area contributed by atoms with Crippen LogP contribution in [0, 0.1) is 5.82 Å². The van der Waals surface area contributed by atoms with E-state index >= 15 is 0 Å². The van der Waals surface area contributed by atoms with E-state index < -0.39 is 5.97 Å². The molecule has 0 amide bonds. The van der Waals surface area contributed by atoms with Crippen molar-refractivity contribution in [2.75, 3.05) is 7.11 Å². The van der Waals surface area contributed by atoms with Crippen LogP contribution in [0.15, 0.2) is 24.3 Å². The Morgan fingerprint density at radius 2 is 2.32 bits per heavy atom. The summed E-state index contributed by atoms with van der Waals surface area (Å²) < 4.78 is 19.4. The first-order valence-electron chi connectivity index (χ1n) is 5.51. The van der Waals surface area contributed by atoms with Gasteiger partial charge in [0.25, 0.3) is 0 Å². The molecule has 6 nitrogen and oxygen atoms in total. The topological polar surface area (TPSA) is 77.2 Å². The highest BCUT2D eigenvalue weighted by Gasteiger charge is 2.18. The third-order valence-corrected chi connectivity index (χ3v) is 2.54. The van der Waals surface area contributed by atoms with Gasteiger partial charge in [0.15, 0.2) is 5.69 Å². The summed E-state index contributed by atoms with van der Waals surface area (Å²) in [5.74, 6) is -1.53. The van der Waals surface area contributed by atoms with Crippen molar-refractivity contribution in [3.8, 4) is 0 Å². The maximum atomic E-state index is 13.1. The van der Waals surface area contributed by atoms with E-state index in [4.69, 9.17) is 9.84 Å². The number of carboxylic acids is 1. The van der Waals surface area contributed by atoms with E-state index in [0.717, 1.165) is 0 Å². The van der Waals surface area contributed by atoms with Crippen molar-refractivity contribution in [3.05, 3.63) is 47.0 Å². The monoisotopic (exact) mass is 265 g/mol. The van der Waals surface area contributed by atoms with Gasteiger partial charge in [0.05, 0.1) is 18.8 Å². The van der Waals surface area contributed by atoms with Gasteiger partial charge in [-0.3, -0.25) is 0 Å². The second-order valence-corrected chi connectivity index (χ2v) is 3.91. The SMILES string of the molecule is COCc1c(C(=O)O)nnn1Cc1cccc(F)c1. The molecule has 0 aliphatic carbocycles. The first kappa shape index (κ1) is 13.2. The molecule has 1 aromatic heterocycles. The molecule has 1 heterocycles. The van der Waals surface area contributed by atoms with Crippen molar-refractivity contribution in [2.45, 2.75) is 13.2 Å².